The second-order valence-corrected chi connectivity index (χ2v) is 11.1. The van der Waals surface area contributed by atoms with E-state index in [-0.39, 0.29) is 37.3 Å². The van der Waals surface area contributed by atoms with Crippen molar-refractivity contribution in [3.05, 3.63) is 107 Å². The molecule has 2 heterocycles. The maximum Gasteiger partial charge on any atom is 0.334 e. The number of alkyl halides is 2. The molecule has 4 amide bonds. The van der Waals surface area contributed by atoms with Crippen LogP contribution in [-0.2, 0) is 27.1 Å². The van der Waals surface area contributed by atoms with Crippen LogP contribution in [0.25, 0.3) is 0 Å². The Morgan fingerprint density at radius 3 is 2.35 bits per heavy atom. The number of benzene rings is 3. The molecule has 40 heavy (non-hydrogen) atoms. The van der Waals surface area contributed by atoms with Gasteiger partial charge in [-0.2, -0.15) is 5.01 Å². The number of urea groups is 1. The highest BCUT2D eigenvalue weighted by Crippen LogP contribution is 2.35. The lowest BCUT2D eigenvalue weighted by Gasteiger charge is -2.54. The van der Waals surface area contributed by atoms with Crippen LogP contribution in [0.3, 0.4) is 0 Å². The highest BCUT2D eigenvalue weighted by molar-refractivity contribution is 14.1. The molecule has 2 aliphatic heterocycles. The van der Waals surface area contributed by atoms with E-state index in [1.54, 1.807) is 32.0 Å². The lowest BCUT2D eigenvalue weighted by atomic mass is 9.98. The molecule has 2 atom stereocenters. The average molecular weight is 767 g/mol. The minimum atomic E-state index is -0.857. The molecule has 1 N–H and O–H groups in total. The van der Waals surface area contributed by atoms with Crippen LogP contribution in [0.15, 0.2) is 78.9 Å². The first-order valence-corrected chi connectivity index (χ1v) is 15.9. The summed E-state index contributed by atoms with van der Waals surface area (Å²) in [7, 11) is 0. The SMILES string of the molecule is O=C1[C@H](c2ccccc2)N2C(=O)CN(CI)N(C(=O)NCc3ccc(F)cc3)[C@H]2CN1Cc1cccc(CI)c1. The van der Waals surface area contributed by atoms with Gasteiger partial charge in [-0.25, -0.2) is 14.2 Å². The van der Waals surface area contributed by atoms with Gasteiger partial charge in [-0.15, -0.1) is 0 Å². The zero-order chi connectivity index (χ0) is 28.2. The Balaban J connectivity index is 1.49. The Bertz CT molecular complexity index is 1380. The van der Waals surface area contributed by atoms with Gasteiger partial charge in [0.05, 0.1) is 17.6 Å². The second-order valence-electron chi connectivity index (χ2n) is 9.68. The summed E-state index contributed by atoms with van der Waals surface area (Å²) in [6.07, 6.45) is -0.708. The fraction of sp³-hybridized carbons (Fsp3) is 0.276. The van der Waals surface area contributed by atoms with Gasteiger partial charge in [0.15, 0.2) is 0 Å². The number of hydrogen-bond donors (Lipinski definition) is 1. The van der Waals surface area contributed by atoms with Crippen LogP contribution in [0, 0.1) is 5.82 Å². The number of piperazine rings is 1. The topological polar surface area (TPSA) is 76.2 Å². The van der Waals surface area contributed by atoms with Crippen molar-refractivity contribution in [3.63, 3.8) is 0 Å². The number of nitrogens with zero attached hydrogens (tertiary/aromatic N) is 4. The Labute approximate surface area is 259 Å². The molecule has 0 unspecified atom stereocenters. The summed E-state index contributed by atoms with van der Waals surface area (Å²) in [5.41, 5.74) is 3.60. The average Bonchev–Trinajstić information content (AvgIpc) is 2.97. The summed E-state index contributed by atoms with van der Waals surface area (Å²) < 4.78 is 14.6. The number of halogens is 3. The molecule has 0 saturated carbocycles. The molecule has 2 fully saturated rings. The van der Waals surface area contributed by atoms with E-state index >= 15 is 0 Å². The smallest absolute Gasteiger partial charge is 0.333 e. The number of fused-ring (bicyclic) bond motifs is 1. The molecule has 0 bridgehead atoms. The molecule has 2 aliphatic rings. The molecule has 0 spiro atoms. The summed E-state index contributed by atoms with van der Waals surface area (Å²) in [5.74, 6) is -0.734. The van der Waals surface area contributed by atoms with Gasteiger partial charge in [-0.1, -0.05) is 112 Å². The Morgan fingerprint density at radius 1 is 0.925 bits per heavy atom. The molecule has 3 aromatic rings. The zero-order valence-corrected chi connectivity index (χ0v) is 25.9. The quantitative estimate of drug-likeness (QED) is 0.213. The molecule has 2 saturated heterocycles. The van der Waals surface area contributed by atoms with Crippen molar-refractivity contribution < 1.29 is 18.8 Å². The lowest BCUT2D eigenvalue weighted by molar-refractivity contribution is -0.188. The third kappa shape index (κ3) is 6.10. The van der Waals surface area contributed by atoms with Crippen LogP contribution in [-0.4, -0.2) is 61.5 Å². The summed E-state index contributed by atoms with van der Waals surface area (Å²) in [6.45, 7) is 0.691. The first-order chi connectivity index (χ1) is 19.4. The first-order valence-electron chi connectivity index (χ1n) is 12.8. The van der Waals surface area contributed by atoms with Gasteiger partial charge in [0, 0.05) is 17.5 Å². The van der Waals surface area contributed by atoms with Crippen molar-refractivity contribution in [1.29, 1.82) is 0 Å². The molecule has 0 aliphatic carbocycles. The van der Waals surface area contributed by atoms with E-state index in [0.29, 0.717) is 16.7 Å². The number of rotatable bonds is 7. The van der Waals surface area contributed by atoms with E-state index in [1.165, 1.54) is 12.1 Å². The van der Waals surface area contributed by atoms with Gasteiger partial charge in [-0.05, 0) is 34.4 Å². The Hall–Kier alpha value is -2.78. The number of hydrogen-bond acceptors (Lipinski definition) is 4. The predicted molar refractivity (Wildman–Crippen MR) is 165 cm³/mol. The van der Waals surface area contributed by atoms with Crippen LogP contribution in [0.5, 0.6) is 0 Å². The second kappa shape index (κ2) is 12.8. The van der Waals surface area contributed by atoms with Gasteiger partial charge in [-0.3, -0.25) is 9.59 Å². The maximum absolute atomic E-state index is 14.0. The number of nitrogens with one attached hydrogen (secondary N) is 1. The maximum atomic E-state index is 14.0. The van der Waals surface area contributed by atoms with Crippen LogP contribution in [0.2, 0.25) is 0 Å². The van der Waals surface area contributed by atoms with Gasteiger partial charge in [0.25, 0.3) is 5.91 Å². The van der Waals surface area contributed by atoms with Crippen molar-refractivity contribution in [3.8, 4) is 0 Å². The van der Waals surface area contributed by atoms with Gasteiger partial charge >= 0.3 is 6.03 Å². The van der Waals surface area contributed by atoms with E-state index in [2.05, 4.69) is 56.6 Å². The van der Waals surface area contributed by atoms with Gasteiger partial charge in [0.2, 0.25) is 5.91 Å². The first kappa shape index (κ1) is 28.7. The van der Waals surface area contributed by atoms with Gasteiger partial charge < -0.3 is 15.1 Å². The number of carbonyl (C=O) groups is 3. The monoisotopic (exact) mass is 767 g/mol. The Morgan fingerprint density at radius 2 is 1.65 bits per heavy atom. The van der Waals surface area contributed by atoms with Gasteiger partial charge in [0.1, 0.15) is 18.0 Å². The molecule has 8 nitrogen and oxygen atoms in total. The normalized spacial score (nSPS) is 19.5. The number of carbonyl (C=O) groups excluding carboxylic acids is 3. The van der Waals surface area contributed by atoms with E-state index in [0.717, 1.165) is 21.1 Å². The molecule has 0 aromatic heterocycles. The fourth-order valence-corrected chi connectivity index (χ4v) is 6.23. The fourth-order valence-electron chi connectivity index (χ4n) is 5.18. The van der Waals surface area contributed by atoms with E-state index in [4.69, 9.17) is 0 Å². The van der Waals surface area contributed by atoms with E-state index in [1.807, 2.05) is 48.5 Å². The molecular weight excluding hydrogens is 739 g/mol. The van der Waals surface area contributed by atoms with Crippen molar-refractivity contribution in [2.45, 2.75) is 29.7 Å². The molecule has 0 radical (unpaired) electrons. The lowest BCUT2D eigenvalue weighted by Crippen LogP contribution is -2.74. The summed E-state index contributed by atoms with van der Waals surface area (Å²) >= 11 is 4.45. The van der Waals surface area contributed by atoms with Crippen molar-refractivity contribution in [2.24, 2.45) is 0 Å². The number of hydrazine groups is 1. The summed E-state index contributed by atoms with van der Waals surface area (Å²) in [5, 5.41) is 6.19. The molecule has 3 aromatic carbocycles. The minimum absolute atomic E-state index is 0.0300. The Kier molecular flexibility index (Phi) is 9.20. The minimum Gasteiger partial charge on any atom is -0.333 e. The largest absolute Gasteiger partial charge is 0.334 e. The third-order valence-electron chi connectivity index (χ3n) is 7.06. The van der Waals surface area contributed by atoms with Crippen LogP contribution < -0.4 is 5.32 Å². The molecule has 208 valence electrons. The van der Waals surface area contributed by atoms with Crippen LogP contribution in [0.1, 0.15) is 28.3 Å². The standard InChI is InChI=1S/C29H28FI2N5O3/c30-24-11-9-20(10-12-24)15-33-29(40)37-25-17-34(16-22-6-4-5-21(13-22)14-31)28(39)27(23-7-2-1-3-8-23)36(25)26(38)18-35(37)19-32/h1-13,25,27H,14-19H2,(H,33,40)/t25-,27-/m0/s1. The van der Waals surface area contributed by atoms with Crippen molar-refractivity contribution in [1.82, 2.24) is 25.1 Å². The van der Waals surface area contributed by atoms with E-state index < -0.39 is 18.2 Å². The summed E-state index contributed by atoms with van der Waals surface area (Å²) in [4.78, 5) is 44.6. The van der Waals surface area contributed by atoms with Crippen molar-refractivity contribution >= 4 is 63.0 Å². The molecule has 11 heteroatoms. The highest BCUT2D eigenvalue weighted by Gasteiger charge is 2.51. The van der Waals surface area contributed by atoms with E-state index in [9.17, 15) is 18.8 Å². The van der Waals surface area contributed by atoms with Crippen LogP contribution in [0.4, 0.5) is 9.18 Å². The molecule has 5 rings (SSSR count). The van der Waals surface area contributed by atoms with Crippen molar-refractivity contribution in [2.75, 3.05) is 17.6 Å². The molecular formula is C29H28FI2N5O3. The predicted octanol–water partition coefficient (Wildman–Crippen LogP) is 4.83. The highest BCUT2D eigenvalue weighted by atomic mass is 127. The number of amides is 4. The third-order valence-corrected chi connectivity index (χ3v) is 8.73. The zero-order valence-electron chi connectivity index (χ0n) is 21.6. The van der Waals surface area contributed by atoms with Crippen LogP contribution >= 0.6 is 45.2 Å². The summed E-state index contributed by atoms with van der Waals surface area (Å²) in [6, 6.07) is 22.0.